The van der Waals surface area contributed by atoms with Gasteiger partial charge in [-0.2, -0.15) is 4.99 Å². The zero-order valence-electron chi connectivity index (χ0n) is 13.4. The standard InChI is InChI=1S/C18H18N2O2S/c1-12-7-6-8-13(2)17(12)22-11-16(21)19-18-20(3)14-9-4-5-10-15(14)23-18/h4-10H,11H2,1-3H3. The second-order valence-corrected chi connectivity index (χ2v) is 6.44. The molecule has 23 heavy (non-hydrogen) atoms. The first-order chi connectivity index (χ1) is 11.1. The third-order valence-electron chi connectivity index (χ3n) is 3.68. The molecule has 0 aliphatic heterocycles. The Morgan fingerprint density at radius 1 is 1.13 bits per heavy atom. The van der Waals surface area contributed by atoms with Crippen molar-refractivity contribution in [1.82, 2.24) is 4.57 Å². The monoisotopic (exact) mass is 326 g/mol. The van der Waals surface area contributed by atoms with Crippen LogP contribution in [0.15, 0.2) is 47.5 Å². The van der Waals surface area contributed by atoms with Crippen LogP contribution in [0.2, 0.25) is 0 Å². The first-order valence-corrected chi connectivity index (χ1v) is 8.19. The molecular weight excluding hydrogens is 308 g/mol. The Bertz CT molecular complexity index is 917. The summed E-state index contributed by atoms with van der Waals surface area (Å²) in [6.45, 7) is 3.88. The van der Waals surface area contributed by atoms with Gasteiger partial charge in [0.2, 0.25) is 0 Å². The summed E-state index contributed by atoms with van der Waals surface area (Å²) < 4.78 is 8.70. The maximum absolute atomic E-state index is 12.1. The summed E-state index contributed by atoms with van der Waals surface area (Å²) in [5.41, 5.74) is 3.11. The number of carbonyl (C=O) groups excluding carboxylic acids is 1. The summed E-state index contributed by atoms with van der Waals surface area (Å²) in [7, 11) is 1.91. The number of hydrogen-bond acceptors (Lipinski definition) is 3. The van der Waals surface area contributed by atoms with E-state index in [0.29, 0.717) is 4.80 Å². The second kappa shape index (κ2) is 6.38. The summed E-state index contributed by atoms with van der Waals surface area (Å²) in [5.74, 6) is 0.478. The zero-order chi connectivity index (χ0) is 16.4. The number of benzene rings is 2. The molecule has 1 aromatic heterocycles. The van der Waals surface area contributed by atoms with E-state index in [-0.39, 0.29) is 12.5 Å². The molecule has 5 heteroatoms. The fourth-order valence-corrected chi connectivity index (χ4v) is 3.52. The molecule has 0 aliphatic carbocycles. The molecule has 0 N–H and O–H groups in total. The highest BCUT2D eigenvalue weighted by Gasteiger charge is 2.08. The van der Waals surface area contributed by atoms with E-state index >= 15 is 0 Å². The molecule has 2 aromatic carbocycles. The summed E-state index contributed by atoms with van der Waals surface area (Å²) in [4.78, 5) is 17.0. The van der Waals surface area contributed by atoms with Gasteiger partial charge in [-0.3, -0.25) is 4.79 Å². The lowest BCUT2D eigenvalue weighted by molar-refractivity contribution is -0.120. The van der Waals surface area contributed by atoms with Crippen LogP contribution < -0.4 is 9.54 Å². The van der Waals surface area contributed by atoms with Crippen molar-refractivity contribution in [2.24, 2.45) is 12.0 Å². The Morgan fingerprint density at radius 3 is 2.52 bits per heavy atom. The third kappa shape index (κ3) is 3.19. The molecule has 0 fully saturated rings. The van der Waals surface area contributed by atoms with Crippen molar-refractivity contribution in [1.29, 1.82) is 0 Å². The van der Waals surface area contributed by atoms with Gasteiger partial charge in [0, 0.05) is 7.05 Å². The number of aromatic nitrogens is 1. The molecule has 0 saturated heterocycles. The van der Waals surface area contributed by atoms with Crippen LogP contribution in [0.3, 0.4) is 0 Å². The van der Waals surface area contributed by atoms with Crippen LogP contribution in [-0.4, -0.2) is 17.1 Å². The highest BCUT2D eigenvalue weighted by atomic mass is 32.1. The Kier molecular flexibility index (Phi) is 4.30. The minimum absolute atomic E-state index is 0.0556. The van der Waals surface area contributed by atoms with Crippen LogP contribution in [-0.2, 0) is 11.8 Å². The molecule has 118 valence electrons. The normalized spacial score (nSPS) is 11.9. The summed E-state index contributed by atoms with van der Waals surface area (Å²) in [6, 6.07) is 13.9. The fraction of sp³-hybridized carbons (Fsp3) is 0.222. The average Bonchev–Trinajstić information content (AvgIpc) is 2.83. The minimum Gasteiger partial charge on any atom is -0.483 e. The number of hydrogen-bond donors (Lipinski definition) is 0. The van der Waals surface area contributed by atoms with Crippen molar-refractivity contribution in [3.8, 4) is 5.75 Å². The summed E-state index contributed by atoms with van der Waals surface area (Å²) in [5, 5.41) is 0. The highest BCUT2D eigenvalue weighted by Crippen LogP contribution is 2.22. The number of fused-ring (bicyclic) bond motifs is 1. The molecule has 4 nitrogen and oxygen atoms in total. The van der Waals surface area contributed by atoms with Crippen LogP contribution in [0.4, 0.5) is 0 Å². The number of aryl methyl sites for hydroxylation is 3. The Labute approximate surface area is 138 Å². The molecule has 0 radical (unpaired) electrons. The number of thiazole rings is 1. The molecule has 0 bridgehead atoms. The van der Waals surface area contributed by atoms with Gasteiger partial charge in [0.05, 0.1) is 10.2 Å². The number of rotatable bonds is 3. The van der Waals surface area contributed by atoms with Gasteiger partial charge in [0.1, 0.15) is 5.75 Å². The van der Waals surface area contributed by atoms with E-state index < -0.39 is 0 Å². The number of carbonyl (C=O) groups is 1. The van der Waals surface area contributed by atoms with Gasteiger partial charge in [-0.1, -0.05) is 41.7 Å². The van der Waals surface area contributed by atoms with Crippen molar-refractivity contribution < 1.29 is 9.53 Å². The van der Waals surface area contributed by atoms with Crippen molar-refractivity contribution in [3.63, 3.8) is 0 Å². The zero-order valence-corrected chi connectivity index (χ0v) is 14.2. The quantitative estimate of drug-likeness (QED) is 0.741. The van der Waals surface area contributed by atoms with E-state index in [1.54, 1.807) is 0 Å². The van der Waals surface area contributed by atoms with Gasteiger partial charge in [0.15, 0.2) is 11.4 Å². The van der Waals surface area contributed by atoms with E-state index in [4.69, 9.17) is 4.74 Å². The first kappa shape index (κ1) is 15.5. The lowest BCUT2D eigenvalue weighted by Crippen LogP contribution is -2.17. The van der Waals surface area contributed by atoms with E-state index in [1.807, 2.05) is 67.9 Å². The number of amides is 1. The Hall–Kier alpha value is -2.40. The largest absolute Gasteiger partial charge is 0.483 e. The number of ether oxygens (including phenoxy) is 1. The van der Waals surface area contributed by atoms with E-state index in [9.17, 15) is 4.79 Å². The van der Waals surface area contributed by atoms with Crippen LogP contribution >= 0.6 is 11.3 Å². The predicted octanol–water partition coefficient (Wildman–Crippen LogP) is 3.36. The average molecular weight is 326 g/mol. The molecule has 0 unspecified atom stereocenters. The van der Waals surface area contributed by atoms with Crippen LogP contribution in [0.25, 0.3) is 10.2 Å². The second-order valence-electron chi connectivity index (χ2n) is 5.43. The molecule has 3 rings (SSSR count). The topological polar surface area (TPSA) is 43.6 Å². The molecule has 0 atom stereocenters. The van der Waals surface area contributed by atoms with Crippen LogP contribution in [0, 0.1) is 13.8 Å². The molecule has 1 amide bonds. The van der Waals surface area contributed by atoms with E-state index in [2.05, 4.69) is 4.99 Å². The molecule has 0 aliphatic rings. The number of para-hydroxylation sites is 2. The van der Waals surface area contributed by atoms with Crippen molar-refractivity contribution in [2.45, 2.75) is 13.8 Å². The van der Waals surface area contributed by atoms with E-state index in [0.717, 1.165) is 27.1 Å². The molecule has 0 saturated carbocycles. The van der Waals surface area contributed by atoms with Gasteiger partial charge in [-0.25, -0.2) is 0 Å². The molecular formula is C18H18N2O2S. The SMILES string of the molecule is Cc1cccc(C)c1OCC(=O)N=c1sc2ccccc2n1C. The lowest BCUT2D eigenvalue weighted by atomic mass is 10.1. The maximum Gasteiger partial charge on any atom is 0.286 e. The Balaban J connectivity index is 1.82. The van der Waals surface area contributed by atoms with E-state index in [1.165, 1.54) is 11.3 Å². The fourth-order valence-electron chi connectivity index (χ4n) is 2.49. The lowest BCUT2D eigenvalue weighted by Gasteiger charge is -2.09. The van der Waals surface area contributed by atoms with Crippen LogP contribution in [0.1, 0.15) is 11.1 Å². The third-order valence-corrected chi connectivity index (χ3v) is 4.80. The highest BCUT2D eigenvalue weighted by molar-refractivity contribution is 7.16. The minimum atomic E-state index is -0.283. The van der Waals surface area contributed by atoms with Gasteiger partial charge in [0.25, 0.3) is 5.91 Å². The number of nitrogens with zero attached hydrogens (tertiary/aromatic N) is 2. The van der Waals surface area contributed by atoms with Gasteiger partial charge < -0.3 is 9.30 Å². The van der Waals surface area contributed by atoms with Crippen LogP contribution in [0.5, 0.6) is 5.75 Å². The van der Waals surface area contributed by atoms with Gasteiger partial charge in [-0.15, -0.1) is 0 Å². The van der Waals surface area contributed by atoms with Gasteiger partial charge >= 0.3 is 0 Å². The smallest absolute Gasteiger partial charge is 0.286 e. The van der Waals surface area contributed by atoms with Crippen molar-refractivity contribution in [3.05, 3.63) is 58.4 Å². The first-order valence-electron chi connectivity index (χ1n) is 7.37. The van der Waals surface area contributed by atoms with Gasteiger partial charge in [-0.05, 0) is 37.1 Å². The van der Waals surface area contributed by atoms with Crippen molar-refractivity contribution >= 4 is 27.5 Å². The van der Waals surface area contributed by atoms with Crippen molar-refractivity contribution in [2.75, 3.05) is 6.61 Å². The maximum atomic E-state index is 12.1. The molecule has 3 aromatic rings. The summed E-state index contributed by atoms with van der Waals surface area (Å²) >= 11 is 1.50. The Morgan fingerprint density at radius 2 is 1.83 bits per heavy atom. The molecule has 0 spiro atoms. The molecule has 1 heterocycles. The summed E-state index contributed by atoms with van der Waals surface area (Å²) in [6.07, 6.45) is 0. The predicted molar refractivity (Wildman–Crippen MR) is 92.8 cm³/mol.